The highest BCUT2D eigenvalue weighted by atomic mass is 79.9. The number of fused-ring (bicyclic) bond motifs is 2. The van der Waals surface area contributed by atoms with Crippen molar-refractivity contribution in [2.75, 3.05) is 5.32 Å². The summed E-state index contributed by atoms with van der Waals surface area (Å²) >= 11 is 3.36. The Bertz CT molecular complexity index is 1790. The summed E-state index contributed by atoms with van der Waals surface area (Å²) in [5.41, 5.74) is 3.23. The van der Waals surface area contributed by atoms with Gasteiger partial charge in [-0.25, -0.2) is 4.79 Å². The number of benzene rings is 4. The van der Waals surface area contributed by atoms with Crippen molar-refractivity contribution in [2.45, 2.75) is 0 Å². The van der Waals surface area contributed by atoms with Gasteiger partial charge >= 0.3 is 5.97 Å². The summed E-state index contributed by atoms with van der Waals surface area (Å²) in [5.74, 6) is 0.945. The van der Waals surface area contributed by atoms with Gasteiger partial charge in [-0.2, -0.15) is 0 Å². The summed E-state index contributed by atoms with van der Waals surface area (Å²) in [7, 11) is 0. The maximum atomic E-state index is 12.7. The van der Waals surface area contributed by atoms with Crippen LogP contribution in [0.15, 0.2) is 112 Å². The molecule has 6 nitrogen and oxygen atoms in total. The molecule has 2 aliphatic rings. The molecule has 0 saturated carbocycles. The van der Waals surface area contributed by atoms with Gasteiger partial charge in [-0.1, -0.05) is 46.3 Å². The molecule has 184 valence electrons. The number of hydrogen-bond donors (Lipinski definition) is 1. The standard InChI is InChI=1S/C31H19BrN2O4/c32-23-7-3-6-22(14-23)31(36)37-25-11-8-19(9-12-25)18-33-24-10-13-29-27(17-24)34-30(38-29)26-15-20-4-1-2-5-21(20)16-28(26)35/h1-18,34H/b30-26-,33-18?. The molecule has 1 heterocycles. The van der Waals surface area contributed by atoms with Gasteiger partial charge in [-0.3, -0.25) is 9.79 Å². The lowest BCUT2D eigenvalue weighted by molar-refractivity contribution is -0.109. The molecule has 4 aromatic carbocycles. The van der Waals surface area contributed by atoms with Crippen LogP contribution in [0, 0.1) is 0 Å². The minimum absolute atomic E-state index is 0.108. The van der Waals surface area contributed by atoms with Crippen molar-refractivity contribution >= 4 is 57.4 Å². The van der Waals surface area contributed by atoms with Crippen molar-refractivity contribution in [1.82, 2.24) is 0 Å². The van der Waals surface area contributed by atoms with Gasteiger partial charge in [-0.15, -0.1) is 0 Å². The molecule has 0 spiro atoms. The van der Waals surface area contributed by atoms with Crippen LogP contribution < -0.4 is 25.2 Å². The van der Waals surface area contributed by atoms with Crippen LogP contribution in [0.25, 0.3) is 12.2 Å². The second-order valence-electron chi connectivity index (χ2n) is 8.66. The number of nitrogens with zero attached hydrogens (tertiary/aromatic N) is 1. The fourth-order valence-corrected chi connectivity index (χ4v) is 4.51. The Labute approximate surface area is 226 Å². The van der Waals surface area contributed by atoms with Crippen LogP contribution in [0.1, 0.15) is 15.9 Å². The number of nitrogens with one attached hydrogen (secondary N) is 1. The Balaban J connectivity index is 1.15. The minimum atomic E-state index is -0.426. The van der Waals surface area contributed by atoms with Gasteiger partial charge in [0, 0.05) is 10.7 Å². The van der Waals surface area contributed by atoms with Gasteiger partial charge in [0.2, 0.25) is 5.88 Å². The number of allylic oxidation sites excluding steroid dienone is 1. The van der Waals surface area contributed by atoms with E-state index in [0.717, 1.165) is 26.2 Å². The Kier molecular flexibility index (Phi) is 6.19. The fourth-order valence-electron chi connectivity index (χ4n) is 4.11. The Morgan fingerprint density at radius 3 is 2.47 bits per heavy atom. The number of Topliss-reactive ketones (excluding diaryl/α,β-unsaturated/α-hetero) is 1. The molecule has 0 amide bonds. The van der Waals surface area contributed by atoms with Crippen LogP contribution in [-0.2, 0) is 4.79 Å². The van der Waals surface area contributed by atoms with Crippen LogP contribution >= 0.6 is 15.9 Å². The topological polar surface area (TPSA) is 77.0 Å². The highest BCUT2D eigenvalue weighted by Gasteiger charge is 2.23. The lowest BCUT2D eigenvalue weighted by Crippen LogP contribution is -2.30. The average molecular weight is 563 g/mol. The lowest BCUT2D eigenvalue weighted by Gasteiger charge is -2.07. The molecular weight excluding hydrogens is 544 g/mol. The van der Waals surface area contributed by atoms with Crippen LogP contribution in [0.4, 0.5) is 11.4 Å². The SMILES string of the molecule is O=C1C=c2ccccc2=C/C1=C1\Nc2cc(N=Cc3ccc(OC(=O)c4cccc(Br)c4)cc3)ccc2O1. The molecule has 0 radical (unpaired) electrons. The lowest BCUT2D eigenvalue weighted by atomic mass is 10.0. The van der Waals surface area contributed by atoms with Crippen LogP contribution in [0.2, 0.25) is 0 Å². The molecule has 1 aliphatic heterocycles. The average Bonchev–Trinajstić information content (AvgIpc) is 3.35. The Morgan fingerprint density at radius 2 is 1.68 bits per heavy atom. The number of ether oxygens (including phenoxy) is 2. The third kappa shape index (κ3) is 4.92. The molecule has 0 fully saturated rings. The zero-order valence-corrected chi connectivity index (χ0v) is 21.4. The van der Waals surface area contributed by atoms with Crippen molar-refractivity contribution in [3.05, 3.63) is 128 Å². The van der Waals surface area contributed by atoms with E-state index in [2.05, 4.69) is 26.2 Å². The normalized spacial score (nSPS) is 15.6. The van der Waals surface area contributed by atoms with Crippen molar-refractivity contribution in [1.29, 1.82) is 0 Å². The Hall–Kier alpha value is -4.75. The molecule has 6 rings (SSSR count). The molecule has 0 bridgehead atoms. The second-order valence-corrected chi connectivity index (χ2v) is 9.57. The summed E-state index contributed by atoms with van der Waals surface area (Å²) in [6, 6.07) is 27.4. The summed E-state index contributed by atoms with van der Waals surface area (Å²) in [6.07, 6.45) is 5.18. The maximum absolute atomic E-state index is 12.7. The molecule has 0 aromatic heterocycles. The number of rotatable bonds is 4. The minimum Gasteiger partial charge on any atom is -0.438 e. The molecule has 0 unspecified atom stereocenters. The zero-order chi connectivity index (χ0) is 26.1. The van der Waals surface area contributed by atoms with Gasteiger partial charge in [-0.05, 0) is 88.8 Å². The molecule has 0 atom stereocenters. The van der Waals surface area contributed by atoms with Gasteiger partial charge < -0.3 is 14.8 Å². The number of esters is 1. The smallest absolute Gasteiger partial charge is 0.343 e. The maximum Gasteiger partial charge on any atom is 0.343 e. The number of anilines is 1. The van der Waals surface area contributed by atoms with Gasteiger partial charge in [0.1, 0.15) is 5.75 Å². The highest BCUT2D eigenvalue weighted by Crippen LogP contribution is 2.37. The zero-order valence-electron chi connectivity index (χ0n) is 19.9. The van der Waals surface area contributed by atoms with Gasteiger partial charge in [0.15, 0.2) is 11.5 Å². The molecule has 4 aromatic rings. The van der Waals surface area contributed by atoms with Crippen molar-refractivity contribution in [3.8, 4) is 11.5 Å². The summed E-state index contributed by atoms with van der Waals surface area (Å²) in [5, 5.41) is 5.07. The molecular formula is C31H19BrN2O4. The molecule has 7 heteroatoms. The predicted molar refractivity (Wildman–Crippen MR) is 150 cm³/mol. The van der Waals surface area contributed by atoms with E-state index in [1.54, 1.807) is 42.6 Å². The molecule has 1 aliphatic carbocycles. The Morgan fingerprint density at radius 1 is 0.895 bits per heavy atom. The summed E-state index contributed by atoms with van der Waals surface area (Å²) in [4.78, 5) is 29.6. The predicted octanol–water partition coefficient (Wildman–Crippen LogP) is 5.28. The molecule has 1 N–H and O–H groups in total. The molecule has 38 heavy (non-hydrogen) atoms. The van der Waals surface area contributed by atoms with E-state index < -0.39 is 5.97 Å². The quantitative estimate of drug-likeness (QED) is 0.158. The number of carbonyl (C=O) groups excluding carboxylic acids is 2. The summed E-state index contributed by atoms with van der Waals surface area (Å²) in [6.45, 7) is 0. The number of hydrogen-bond acceptors (Lipinski definition) is 6. The number of carbonyl (C=O) groups is 2. The van der Waals surface area contributed by atoms with E-state index in [4.69, 9.17) is 9.47 Å². The van der Waals surface area contributed by atoms with Crippen molar-refractivity contribution in [2.24, 2.45) is 4.99 Å². The van der Waals surface area contributed by atoms with Gasteiger partial charge in [0.05, 0.1) is 22.5 Å². The van der Waals surface area contributed by atoms with E-state index in [9.17, 15) is 9.59 Å². The third-order valence-corrected chi connectivity index (χ3v) is 6.52. The molecule has 0 saturated heterocycles. The first-order valence-corrected chi connectivity index (χ1v) is 12.6. The fraction of sp³-hybridized carbons (Fsp3) is 0. The van der Waals surface area contributed by atoms with Crippen molar-refractivity contribution < 1.29 is 19.1 Å². The van der Waals surface area contributed by atoms with Crippen LogP contribution in [0.3, 0.4) is 0 Å². The highest BCUT2D eigenvalue weighted by molar-refractivity contribution is 9.10. The summed E-state index contributed by atoms with van der Waals surface area (Å²) < 4.78 is 12.2. The van der Waals surface area contributed by atoms with E-state index >= 15 is 0 Å². The number of halogens is 1. The van der Waals surface area contributed by atoms with Crippen LogP contribution in [0.5, 0.6) is 11.5 Å². The first kappa shape index (κ1) is 23.6. The van der Waals surface area contributed by atoms with Gasteiger partial charge in [0.25, 0.3) is 0 Å². The third-order valence-electron chi connectivity index (χ3n) is 6.03. The first-order valence-electron chi connectivity index (χ1n) is 11.8. The second kappa shape index (κ2) is 9.95. The number of ketones is 1. The van der Waals surface area contributed by atoms with E-state index in [-0.39, 0.29) is 5.78 Å². The monoisotopic (exact) mass is 562 g/mol. The largest absolute Gasteiger partial charge is 0.438 e. The van der Waals surface area contributed by atoms with E-state index in [1.807, 2.05) is 66.7 Å². The first-order chi connectivity index (χ1) is 18.5. The van der Waals surface area contributed by atoms with Crippen LogP contribution in [-0.4, -0.2) is 18.0 Å². The van der Waals surface area contributed by atoms with E-state index in [0.29, 0.717) is 34.2 Å². The van der Waals surface area contributed by atoms with E-state index in [1.165, 1.54) is 0 Å². The number of aliphatic imine (C=N–C) groups is 1. The van der Waals surface area contributed by atoms with Crippen molar-refractivity contribution in [3.63, 3.8) is 0 Å².